The fraction of sp³-hybridized carbons (Fsp3) is 0.143. The number of hydrogen-bond donors (Lipinski definition) is 1. The lowest BCUT2D eigenvalue weighted by Crippen LogP contribution is -2.17. The van der Waals surface area contributed by atoms with Crippen molar-refractivity contribution in [3.05, 3.63) is 24.3 Å². The molecule has 0 heterocycles. The summed E-state index contributed by atoms with van der Waals surface area (Å²) in [6.45, 7) is 0. The summed E-state index contributed by atoms with van der Waals surface area (Å²) in [6, 6.07) is 5.27. The minimum absolute atomic E-state index is 0.0215. The van der Waals surface area contributed by atoms with Gasteiger partial charge in [0.1, 0.15) is 5.75 Å². The zero-order valence-corrected chi connectivity index (χ0v) is 12.2. The molecule has 1 N–H and O–H groups in total. The highest BCUT2D eigenvalue weighted by Crippen LogP contribution is 2.43. The summed E-state index contributed by atoms with van der Waals surface area (Å²) < 4.78 is 22.1. The van der Waals surface area contributed by atoms with Crippen LogP contribution in [-0.4, -0.2) is 15.0 Å². The number of hydrogen-bond acceptors (Lipinski definition) is 3. The third kappa shape index (κ3) is 2.50. The highest BCUT2D eigenvalue weighted by Gasteiger charge is 2.37. The molecule has 0 saturated carbocycles. The van der Waals surface area contributed by atoms with Crippen LogP contribution in [0.3, 0.4) is 0 Å². The van der Waals surface area contributed by atoms with E-state index in [0.717, 1.165) is 0 Å². The summed E-state index contributed by atoms with van der Waals surface area (Å²) in [5.74, 6) is 0.0215. The number of benzene rings is 1. The smallest absolute Gasteiger partial charge is 0.239 e. The fourth-order valence-corrected chi connectivity index (χ4v) is 3.20. The highest BCUT2D eigenvalue weighted by atomic mass is 80.0. The molecule has 0 spiro atoms. The summed E-state index contributed by atoms with van der Waals surface area (Å²) in [6.07, 6.45) is 0. The number of halogens is 3. The SMILES string of the molecule is O=S(=O)(c1ccc(O)cc1)C(Br)(Br)Br. The van der Waals surface area contributed by atoms with E-state index in [1.54, 1.807) is 0 Å². The minimum Gasteiger partial charge on any atom is -0.508 e. The van der Waals surface area contributed by atoms with Crippen LogP contribution in [0.2, 0.25) is 0 Å². The Morgan fingerprint density at radius 2 is 1.50 bits per heavy atom. The van der Waals surface area contributed by atoms with E-state index in [1.807, 2.05) is 0 Å². The molecule has 0 saturated heterocycles. The average Bonchev–Trinajstić information content (AvgIpc) is 2.03. The molecule has 14 heavy (non-hydrogen) atoms. The van der Waals surface area contributed by atoms with Crippen LogP contribution in [0.25, 0.3) is 0 Å². The summed E-state index contributed by atoms with van der Waals surface area (Å²) in [7, 11) is -3.55. The zero-order valence-electron chi connectivity index (χ0n) is 6.62. The second-order valence-corrected chi connectivity index (χ2v) is 12.9. The Bertz CT molecular complexity index is 418. The van der Waals surface area contributed by atoms with Gasteiger partial charge in [-0.2, -0.15) is 0 Å². The first-order valence-corrected chi connectivity index (χ1v) is 7.22. The number of rotatable bonds is 1. The molecule has 0 fully saturated rings. The van der Waals surface area contributed by atoms with Crippen molar-refractivity contribution < 1.29 is 13.5 Å². The molecule has 1 aromatic carbocycles. The Hall–Kier alpha value is 0.410. The van der Waals surface area contributed by atoms with Gasteiger partial charge in [0.15, 0.2) is 0 Å². The normalized spacial score (nSPS) is 12.8. The van der Waals surface area contributed by atoms with Gasteiger partial charge in [-0.05, 0) is 72.1 Å². The van der Waals surface area contributed by atoms with Gasteiger partial charge in [0, 0.05) is 0 Å². The lowest BCUT2D eigenvalue weighted by atomic mass is 10.3. The quantitative estimate of drug-likeness (QED) is 0.727. The van der Waals surface area contributed by atoms with Crippen LogP contribution < -0.4 is 0 Å². The lowest BCUT2D eigenvalue weighted by molar-refractivity contribution is 0.475. The predicted molar refractivity (Wildman–Crippen MR) is 64.8 cm³/mol. The van der Waals surface area contributed by atoms with Gasteiger partial charge in [-0.3, -0.25) is 0 Å². The maximum Gasteiger partial charge on any atom is 0.239 e. The van der Waals surface area contributed by atoms with Crippen molar-refractivity contribution >= 4 is 57.6 Å². The minimum atomic E-state index is -3.55. The van der Waals surface area contributed by atoms with Crippen LogP contribution in [0.4, 0.5) is 0 Å². The molecule has 3 nitrogen and oxygen atoms in total. The standard InChI is InChI=1S/C7H5Br3O3S/c8-7(9,10)14(12,13)6-3-1-5(11)2-4-6/h1-4,11H. The Morgan fingerprint density at radius 3 is 1.86 bits per heavy atom. The van der Waals surface area contributed by atoms with Crippen LogP contribution in [0.15, 0.2) is 29.2 Å². The predicted octanol–water partition coefficient (Wildman–Crippen LogP) is 2.96. The summed E-state index contributed by atoms with van der Waals surface area (Å²) in [5, 5.41) is 9.00. The molecule has 0 bridgehead atoms. The molecular formula is C7H5Br3O3S. The molecular weight excluding hydrogens is 404 g/mol. The van der Waals surface area contributed by atoms with Gasteiger partial charge in [0.05, 0.1) is 4.90 Å². The molecule has 0 aromatic heterocycles. The van der Waals surface area contributed by atoms with E-state index in [1.165, 1.54) is 24.3 Å². The van der Waals surface area contributed by atoms with Crippen molar-refractivity contribution in [2.45, 2.75) is 6.37 Å². The molecule has 0 radical (unpaired) electrons. The largest absolute Gasteiger partial charge is 0.508 e. The van der Waals surface area contributed by atoms with E-state index in [2.05, 4.69) is 47.8 Å². The van der Waals surface area contributed by atoms with Gasteiger partial charge >= 0.3 is 0 Å². The zero-order chi connectivity index (χ0) is 11.0. The van der Waals surface area contributed by atoms with Crippen molar-refractivity contribution in [3.63, 3.8) is 0 Å². The third-order valence-corrected chi connectivity index (χ3v) is 6.79. The molecule has 7 heteroatoms. The van der Waals surface area contributed by atoms with Crippen molar-refractivity contribution in [3.8, 4) is 5.75 Å². The number of phenols is 1. The Balaban J connectivity index is 3.25. The van der Waals surface area contributed by atoms with Crippen LogP contribution >= 0.6 is 47.8 Å². The summed E-state index contributed by atoms with van der Waals surface area (Å²) in [5.41, 5.74) is 0. The molecule has 0 aliphatic carbocycles. The van der Waals surface area contributed by atoms with Gasteiger partial charge in [0.25, 0.3) is 0 Å². The molecule has 0 amide bonds. The van der Waals surface area contributed by atoms with E-state index in [4.69, 9.17) is 5.11 Å². The first kappa shape index (κ1) is 12.5. The van der Waals surface area contributed by atoms with E-state index in [0.29, 0.717) is 0 Å². The average molecular weight is 409 g/mol. The molecule has 0 aliphatic rings. The third-order valence-electron chi connectivity index (χ3n) is 1.45. The number of sulfone groups is 1. The van der Waals surface area contributed by atoms with Crippen molar-refractivity contribution in [1.82, 2.24) is 0 Å². The van der Waals surface area contributed by atoms with E-state index < -0.39 is 11.3 Å². The van der Waals surface area contributed by atoms with Gasteiger partial charge < -0.3 is 5.11 Å². The Morgan fingerprint density at radius 1 is 1.07 bits per heavy atom. The van der Waals surface area contributed by atoms with Crippen LogP contribution in [0, 0.1) is 0 Å². The molecule has 0 aliphatic heterocycles. The molecule has 1 rings (SSSR count). The summed E-state index contributed by atoms with van der Waals surface area (Å²) in [4.78, 5) is 0.0981. The van der Waals surface area contributed by atoms with Crippen LogP contribution in [0.1, 0.15) is 0 Å². The summed E-state index contributed by atoms with van der Waals surface area (Å²) >= 11 is 8.81. The fourth-order valence-electron chi connectivity index (χ4n) is 0.759. The topological polar surface area (TPSA) is 54.4 Å². The Kier molecular flexibility index (Phi) is 3.67. The van der Waals surface area contributed by atoms with Crippen molar-refractivity contribution in [2.75, 3.05) is 0 Å². The van der Waals surface area contributed by atoms with E-state index in [-0.39, 0.29) is 10.6 Å². The molecule has 78 valence electrons. The lowest BCUT2D eigenvalue weighted by Gasteiger charge is -2.13. The maximum atomic E-state index is 11.7. The number of phenolic OH excluding ortho intramolecular Hbond substituents is 1. The number of aromatic hydroxyl groups is 1. The molecule has 0 unspecified atom stereocenters. The Labute approximate surface area is 107 Å². The van der Waals surface area contributed by atoms with Crippen LogP contribution in [-0.2, 0) is 9.84 Å². The van der Waals surface area contributed by atoms with Crippen LogP contribution in [0.5, 0.6) is 5.75 Å². The first-order valence-electron chi connectivity index (χ1n) is 3.35. The highest BCUT2D eigenvalue weighted by molar-refractivity contribution is 9.42. The second-order valence-electron chi connectivity index (χ2n) is 2.44. The monoisotopic (exact) mass is 406 g/mol. The van der Waals surface area contributed by atoms with Gasteiger partial charge in [-0.1, -0.05) is 0 Å². The van der Waals surface area contributed by atoms with Gasteiger partial charge in [0.2, 0.25) is 11.3 Å². The second kappa shape index (κ2) is 4.11. The van der Waals surface area contributed by atoms with Gasteiger partial charge in [-0.15, -0.1) is 0 Å². The first-order chi connectivity index (χ1) is 6.25. The van der Waals surface area contributed by atoms with E-state index in [9.17, 15) is 8.42 Å². The molecule has 1 aromatic rings. The molecule has 0 atom stereocenters. The van der Waals surface area contributed by atoms with Crippen molar-refractivity contribution in [2.24, 2.45) is 0 Å². The number of alkyl halides is 3. The van der Waals surface area contributed by atoms with Gasteiger partial charge in [-0.25, -0.2) is 8.42 Å². The van der Waals surface area contributed by atoms with Crippen molar-refractivity contribution in [1.29, 1.82) is 0 Å². The maximum absolute atomic E-state index is 11.7. The van der Waals surface area contributed by atoms with E-state index >= 15 is 0 Å².